The lowest BCUT2D eigenvalue weighted by atomic mass is 9.94. The number of methoxy groups -OCH3 is 2. The van der Waals surface area contributed by atoms with Gasteiger partial charge in [0.1, 0.15) is 16.0 Å². The van der Waals surface area contributed by atoms with E-state index < -0.39 is 0 Å². The van der Waals surface area contributed by atoms with Gasteiger partial charge in [0, 0.05) is 5.92 Å². The van der Waals surface area contributed by atoms with Crippen LogP contribution in [0.1, 0.15) is 30.1 Å². The van der Waals surface area contributed by atoms with E-state index in [9.17, 15) is 4.79 Å². The van der Waals surface area contributed by atoms with Crippen molar-refractivity contribution in [1.29, 1.82) is 0 Å². The van der Waals surface area contributed by atoms with Crippen LogP contribution in [0.5, 0.6) is 11.5 Å². The molecule has 0 amide bonds. The highest BCUT2D eigenvalue weighted by Gasteiger charge is 2.22. The van der Waals surface area contributed by atoms with Gasteiger partial charge in [0.25, 0.3) is 0 Å². The molecule has 2 N–H and O–H groups in total. The molecule has 0 saturated heterocycles. The molecule has 5 heteroatoms. The minimum Gasteiger partial charge on any atom is -0.495 e. The predicted octanol–water partition coefficient (Wildman–Crippen LogP) is 3.02. The zero-order valence-corrected chi connectivity index (χ0v) is 13.1. The first-order chi connectivity index (χ1) is 9.06. The van der Waals surface area contributed by atoms with E-state index in [1.54, 1.807) is 26.4 Å². The first-order valence-corrected chi connectivity index (χ1v) is 7.00. The van der Waals surface area contributed by atoms with Gasteiger partial charge in [-0.3, -0.25) is 4.79 Å². The number of Topliss-reactive ketones (excluding diaryl/α,β-unsaturated/α-hetero) is 1. The molecule has 1 rings (SSSR count). The van der Waals surface area contributed by atoms with Gasteiger partial charge >= 0.3 is 0 Å². The second-order valence-corrected chi connectivity index (χ2v) is 5.15. The summed E-state index contributed by atoms with van der Waals surface area (Å²) in [5.41, 5.74) is 6.04. The van der Waals surface area contributed by atoms with E-state index in [4.69, 9.17) is 15.2 Å². The zero-order valence-electron chi connectivity index (χ0n) is 11.5. The minimum absolute atomic E-state index is 0.0636. The molecule has 0 radical (unpaired) electrons. The molecule has 4 nitrogen and oxygen atoms in total. The van der Waals surface area contributed by atoms with Gasteiger partial charge in [-0.05, 0) is 47.4 Å². The molecule has 106 valence electrons. The van der Waals surface area contributed by atoms with Crippen molar-refractivity contribution < 1.29 is 14.3 Å². The van der Waals surface area contributed by atoms with E-state index in [1.165, 1.54) is 0 Å². The largest absolute Gasteiger partial charge is 0.495 e. The summed E-state index contributed by atoms with van der Waals surface area (Å²) in [6.07, 6.45) is 1.62. The van der Waals surface area contributed by atoms with Crippen molar-refractivity contribution in [3.63, 3.8) is 0 Å². The molecule has 0 fully saturated rings. The van der Waals surface area contributed by atoms with Crippen LogP contribution in [-0.2, 0) is 0 Å². The predicted molar refractivity (Wildman–Crippen MR) is 79.0 cm³/mol. The van der Waals surface area contributed by atoms with E-state index in [1.807, 2.05) is 6.92 Å². The smallest absolute Gasteiger partial charge is 0.169 e. The van der Waals surface area contributed by atoms with Crippen LogP contribution >= 0.6 is 15.9 Å². The Bertz CT molecular complexity index is 449. The molecule has 1 unspecified atom stereocenters. The van der Waals surface area contributed by atoms with Crippen LogP contribution in [0.15, 0.2) is 16.6 Å². The summed E-state index contributed by atoms with van der Waals surface area (Å²) in [6.45, 7) is 2.51. The van der Waals surface area contributed by atoms with Crippen LogP contribution in [0.3, 0.4) is 0 Å². The fraction of sp³-hybridized carbons (Fsp3) is 0.500. The van der Waals surface area contributed by atoms with E-state index in [2.05, 4.69) is 15.9 Å². The number of hydrogen-bond acceptors (Lipinski definition) is 4. The molecule has 0 spiro atoms. The molecule has 0 aliphatic carbocycles. The molecule has 0 heterocycles. The molecule has 0 aromatic heterocycles. The maximum Gasteiger partial charge on any atom is 0.169 e. The van der Waals surface area contributed by atoms with Gasteiger partial charge in [-0.2, -0.15) is 0 Å². The molecular weight excluding hydrogens is 310 g/mol. The highest BCUT2D eigenvalue weighted by atomic mass is 79.9. The zero-order chi connectivity index (χ0) is 14.4. The minimum atomic E-state index is -0.0715. The Hall–Kier alpha value is -1.07. The van der Waals surface area contributed by atoms with Crippen molar-refractivity contribution in [3.8, 4) is 11.5 Å². The Labute approximate surface area is 122 Å². The summed E-state index contributed by atoms with van der Waals surface area (Å²) in [5, 5.41) is 0. The molecule has 19 heavy (non-hydrogen) atoms. The lowest BCUT2D eigenvalue weighted by molar-refractivity contribution is 0.0920. The van der Waals surface area contributed by atoms with Gasteiger partial charge in [-0.25, -0.2) is 0 Å². The summed E-state index contributed by atoms with van der Waals surface area (Å²) >= 11 is 3.40. The second kappa shape index (κ2) is 7.50. The number of ketones is 1. The van der Waals surface area contributed by atoms with E-state index in [-0.39, 0.29) is 11.7 Å². The number of hydrogen-bond donors (Lipinski definition) is 1. The highest BCUT2D eigenvalue weighted by molar-refractivity contribution is 9.10. The standard InChI is InChI=1S/C14H20BrNO3/c1-9(5-4-8-16)13(17)10-6-7-11(18-2)12(15)14(10)19-3/h6-7,9H,4-5,8,16H2,1-3H3. The van der Waals surface area contributed by atoms with Crippen LogP contribution in [0, 0.1) is 5.92 Å². The van der Waals surface area contributed by atoms with Gasteiger partial charge in [0.15, 0.2) is 5.78 Å². The molecule has 0 aliphatic heterocycles. The van der Waals surface area contributed by atoms with Crippen LogP contribution in [-0.4, -0.2) is 26.5 Å². The monoisotopic (exact) mass is 329 g/mol. The Morgan fingerprint density at radius 3 is 2.58 bits per heavy atom. The summed E-state index contributed by atoms with van der Waals surface area (Å²) in [6, 6.07) is 3.50. The molecule has 1 aromatic carbocycles. The van der Waals surface area contributed by atoms with Crippen molar-refractivity contribution in [2.75, 3.05) is 20.8 Å². The SMILES string of the molecule is COc1ccc(C(=O)C(C)CCCN)c(OC)c1Br. The number of rotatable bonds is 7. The Morgan fingerprint density at radius 2 is 2.05 bits per heavy atom. The average Bonchev–Trinajstić information content (AvgIpc) is 2.43. The van der Waals surface area contributed by atoms with Crippen LogP contribution in [0.2, 0.25) is 0 Å². The topological polar surface area (TPSA) is 61.5 Å². The first kappa shape index (κ1) is 16.0. The second-order valence-electron chi connectivity index (χ2n) is 4.36. The Balaban J connectivity index is 3.06. The normalized spacial score (nSPS) is 12.1. The Kier molecular flexibility index (Phi) is 6.31. The van der Waals surface area contributed by atoms with Gasteiger partial charge in [0.05, 0.1) is 19.8 Å². The third-order valence-electron chi connectivity index (χ3n) is 3.04. The summed E-state index contributed by atoms with van der Waals surface area (Å²) < 4.78 is 11.2. The quantitative estimate of drug-likeness (QED) is 0.781. The van der Waals surface area contributed by atoms with Crippen LogP contribution in [0.25, 0.3) is 0 Å². The summed E-state index contributed by atoms with van der Waals surface area (Å²) in [5.74, 6) is 1.15. The molecular formula is C14H20BrNO3. The van der Waals surface area contributed by atoms with Crippen molar-refractivity contribution in [3.05, 3.63) is 22.2 Å². The van der Waals surface area contributed by atoms with Crippen molar-refractivity contribution in [1.82, 2.24) is 0 Å². The highest BCUT2D eigenvalue weighted by Crippen LogP contribution is 2.38. The molecule has 0 bridgehead atoms. The fourth-order valence-electron chi connectivity index (χ4n) is 1.91. The number of carbonyl (C=O) groups is 1. The van der Waals surface area contributed by atoms with Crippen LogP contribution in [0.4, 0.5) is 0 Å². The van der Waals surface area contributed by atoms with Gasteiger partial charge in [0.2, 0.25) is 0 Å². The van der Waals surface area contributed by atoms with E-state index in [0.717, 1.165) is 12.8 Å². The van der Waals surface area contributed by atoms with Gasteiger partial charge in [-0.1, -0.05) is 6.92 Å². The number of benzene rings is 1. The van der Waals surface area contributed by atoms with E-state index >= 15 is 0 Å². The fourth-order valence-corrected chi connectivity index (χ4v) is 2.58. The van der Waals surface area contributed by atoms with Crippen molar-refractivity contribution >= 4 is 21.7 Å². The molecule has 1 atom stereocenters. The molecule has 0 aliphatic rings. The maximum atomic E-state index is 12.4. The number of ether oxygens (including phenoxy) is 2. The number of carbonyl (C=O) groups excluding carboxylic acids is 1. The maximum absolute atomic E-state index is 12.4. The van der Waals surface area contributed by atoms with Crippen molar-refractivity contribution in [2.45, 2.75) is 19.8 Å². The molecule has 0 saturated carbocycles. The van der Waals surface area contributed by atoms with Crippen LogP contribution < -0.4 is 15.2 Å². The van der Waals surface area contributed by atoms with Gasteiger partial charge in [-0.15, -0.1) is 0 Å². The number of nitrogens with two attached hydrogens (primary N) is 1. The summed E-state index contributed by atoms with van der Waals surface area (Å²) in [4.78, 5) is 12.4. The van der Waals surface area contributed by atoms with Crippen molar-refractivity contribution in [2.24, 2.45) is 11.7 Å². The third-order valence-corrected chi connectivity index (χ3v) is 3.79. The number of halogens is 1. The summed E-state index contributed by atoms with van der Waals surface area (Å²) in [7, 11) is 3.12. The lowest BCUT2D eigenvalue weighted by Gasteiger charge is -2.15. The van der Waals surface area contributed by atoms with Gasteiger partial charge < -0.3 is 15.2 Å². The van der Waals surface area contributed by atoms with E-state index in [0.29, 0.717) is 28.1 Å². The third kappa shape index (κ3) is 3.70. The average molecular weight is 330 g/mol. The lowest BCUT2D eigenvalue weighted by Crippen LogP contribution is -2.14. The first-order valence-electron chi connectivity index (χ1n) is 6.21. The molecule has 1 aromatic rings. The Morgan fingerprint density at radius 1 is 1.37 bits per heavy atom.